The molecule has 1 aliphatic rings. The normalized spacial score (nSPS) is 14.1. The highest BCUT2D eigenvalue weighted by molar-refractivity contribution is 7.92. The van der Waals surface area contributed by atoms with Crippen LogP contribution < -0.4 is 14.9 Å². The molecule has 7 nitrogen and oxygen atoms in total. The first-order valence-corrected chi connectivity index (χ1v) is 13.6. The summed E-state index contributed by atoms with van der Waals surface area (Å²) in [6, 6.07) is 7.42. The van der Waals surface area contributed by atoms with Crippen molar-refractivity contribution in [3.05, 3.63) is 68.7 Å². The van der Waals surface area contributed by atoms with Crippen molar-refractivity contribution in [3.8, 4) is 0 Å². The monoisotopic (exact) mass is 517 g/mol. The number of sulfonamides is 1. The number of carbonyl (C=O) groups is 1. The number of ether oxygens (including phenoxy) is 1. The van der Waals surface area contributed by atoms with Crippen LogP contribution in [-0.2, 0) is 14.8 Å². The van der Waals surface area contributed by atoms with Gasteiger partial charge >= 0.3 is 0 Å². The number of amides is 1. The first-order chi connectivity index (χ1) is 16.6. The molecule has 0 saturated carbocycles. The van der Waals surface area contributed by atoms with Gasteiger partial charge in [-0.1, -0.05) is 12.1 Å². The lowest BCUT2D eigenvalue weighted by Gasteiger charge is -2.32. The summed E-state index contributed by atoms with van der Waals surface area (Å²) in [7, 11) is -4.22. The zero-order valence-electron chi connectivity index (χ0n) is 20.1. The summed E-state index contributed by atoms with van der Waals surface area (Å²) < 4.78 is 47.8. The molecule has 10 heteroatoms. The number of halogens is 1. The molecule has 2 aromatic carbocycles. The molecule has 2 heterocycles. The Labute approximate surface area is 209 Å². The highest BCUT2D eigenvalue weighted by atomic mass is 32.2. The third-order valence-electron chi connectivity index (χ3n) is 5.99. The summed E-state index contributed by atoms with van der Waals surface area (Å²) >= 11 is 1.11. The summed E-state index contributed by atoms with van der Waals surface area (Å²) in [5, 5.41) is 4.59. The number of morpholine rings is 1. The van der Waals surface area contributed by atoms with Crippen LogP contribution >= 0.6 is 11.3 Å². The molecule has 2 N–H and O–H groups in total. The summed E-state index contributed by atoms with van der Waals surface area (Å²) in [6.07, 6.45) is 0. The van der Waals surface area contributed by atoms with E-state index in [9.17, 15) is 17.6 Å². The average Bonchev–Trinajstić information content (AvgIpc) is 3.24. The van der Waals surface area contributed by atoms with Crippen LogP contribution in [0, 0.1) is 33.5 Å². The van der Waals surface area contributed by atoms with Gasteiger partial charge in [0, 0.05) is 24.5 Å². The van der Waals surface area contributed by atoms with Gasteiger partial charge in [0.1, 0.15) is 15.6 Å². The molecular weight excluding hydrogens is 489 g/mol. The van der Waals surface area contributed by atoms with Crippen molar-refractivity contribution in [2.75, 3.05) is 41.2 Å². The van der Waals surface area contributed by atoms with Crippen molar-refractivity contribution in [1.82, 2.24) is 0 Å². The van der Waals surface area contributed by atoms with Gasteiger partial charge in [0.15, 0.2) is 0 Å². The highest BCUT2D eigenvalue weighted by Crippen LogP contribution is 2.35. The van der Waals surface area contributed by atoms with Crippen LogP contribution in [0.2, 0.25) is 0 Å². The molecule has 1 fully saturated rings. The second-order valence-corrected chi connectivity index (χ2v) is 11.2. The molecule has 0 unspecified atom stereocenters. The van der Waals surface area contributed by atoms with E-state index in [1.165, 1.54) is 18.2 Å². The second kappa shape index (κ2) is 9.96. The third kappa shape index (κ3) is 5.19. The maximum atomic E-state index is 14.3. The zero-order valence-corrected chi connectivity index (χ0v) is 21.7. The van der Waals surface area contributed by atoms with Gasteiger partial charge in [-0.15, -0.1) is 11.3 Å². The van der Waals surface area contributed by atoms with E-state index in [4.69, 9.17) is 4.74 Å². The number of nitrogens with zero attached hydrogens (tertiary/aromatic N) is 1. The van der Waals surface area contributed by atoms with Crippen LogP contribution in [0.3, 0.4) is 0 Å². The van der Waals surface area contributed by atoms with E-state index in [0.717, 1.165) is 52.9 Å². The van der Waals surface area contributed by atoms with E-state index < -0.39 is 26.6 Å². The van der Waals surface area contributed by atoms with Crippen LogP contribution in [0.4, 0.5) is 21.5 Å². The molecule has 1 aliphatic heterocycles. The Kier molecular flexibility index (Phi) is 7.16. The highest BCUT2D eigenvalue weighted by Gasteiger charge is 2.25. The van der Waals surface area contributed by atoms with E-state index in [2.05, 4.69) is 14.9 Å². The number of carbonyl (C=O) groups excluding carboxylic acids is 1. The second-order valence-electron chi connectivity index (χ2n) is 8.62. The van der Waals surface area contributed by atoms with E-state index in [0.29, 0.717) is 24.5 Å². The Hall–Kier alpha value is -2.95. The minimum absolute atomic E-state index is 0.100. The quantitative estimate of drug-likeness (QED) is 0.480. The predicted molar refractivity (Wildman–Crippen MR) is 138 cm³/mol. The zero-order chi connectivity index (χ0) is 25.3. The molecule has 4 rings (SSSR count). The van der Waals surface area contributed by atoms with Crippen LogP contribution in [-0.4, -0.2) is 40.6 Å². The van der Waals surface area contributed by atoms with Gasteiger partial charge in [0.25, 0.3) is 15.9 Å². The molecule has 0 atom stereocenters. The Balaban J connectivity index is 1.61. The van der Waals surface area contributed by atoms with Crippen LogP contribution in [0.1, 0.15) is 31.9 Å². The Morgan fingerprint density at radius 1 is 1.06 bits per heavy atom. The van der Waals surface area contributed by atoms with Gasteiger partial charge in [-0.3, -0.25) is 9.52 Å². The van der Waals surface area contributed by atoms with Crippen molar-refractivity contribution in [2.45, 2.75) is 32.6 Å². The van der Waals surface area contributed by atoms with Gasteiger partial charge < -0.3 is 15.0 Å². The van der Waals surface area contributed by atoms with Gasteiger partial charge in [-0.05, 0) is 73.5 Å². The molecule has 3 aromatic rings. The molecule has 35 heavy (non-hydrogen) atoms. The fourth-order valence-electron chi connectivity index (χ4n) is 4.40. The van der Waals surface area contributed by atoms with Crippen molar-refractivity contribution in [1.29, 1.82) is 0 Å². The number of rotatable bonds is 6. The summed E-state index contributed by atoms with van der Waals surface area (Å²) in [5.74, 6) is -1.29. The van der Waals surface area contributed by atoms with E-state index in [1.54, 1.807) is 12.3 Å². The fraction of sp³-hybridized carbons (Fsp3) is 0.320. The molecule has 1 saturated heterocycles. The number of thiophene rings is 1. The lowest BCUT2D eigenvalue weighted by atomic mass is 10.0. The smallest absolute Gasteiger partial charge is 0.267 e. The number of hydrogen-bond acceptors (Lipinski definition) is 6. The van der Waals surface area contributed by atoms with Crippen molar-refractivity contribution >= 4 is 44.3 Å². The molecule has 0 aliphatic carbocycles. The number of nitrogens with one attached hydrogen (secondary N) is 2. The fourth-order valence-corrected chi connectivity index (χ4v) is 6.34. The van der Waals surface area contributed by atoms with Gasteiger partial charge in [-0.25, -0.2) is 12.8 Å². The van der Waals surface area contributed by atoms with E-state index >= 15 is 0 Å². The van der Waals surface area contributed by atoms with E-state index in [-0.39, 0.29) is 10.6 Å². The number of benzene rings is 2. The largest absolute Gasteiger partial charge is 0.378 e. The summed E-state index contributed by atoms with van der Waals surface area (Å²) in [5.41, 5.74) is 5.43. The maximum absolute atomic E-state index is 14.3. The van der Waals surface area contributed by atoms with Gasteiger partial charge in [0.2, 0.25) is 0 Å². The summed E-state index contributed by atoms with van der Waals surface area (Å²) in [6.45, 7) is 10.5. The van der Waals surface area contributed by atoms with E-state index in [1.807, 2.05) is 26.8 Å². The first kappa shape index (κ1) is 25.2. The lowest BCUT2D eigenvalue weighted by Crippen LogP contribution is -2.37. The molecule has 0 radical (unpaired) electrons. The lowest BCUT2D eigenvalue weighted by molar-refractivity contribution is 0.103. The Morgan fingerprint density at radius 3 is 2.46 bits per heavy atom. The molecule has 0 bridgehead atoms. The molecule has 1 amide bonds. The van der Waals surface area contributed by atoms with Crippen LogP contribution in [0.15, 0.2) is 40.6 Å². The van der Waals surface area contributed by atoms with Crippen molar-refractivity contribution in [2.24, 2.45) is 0 Å². The third-order valence-corrected chi connectivity index (χ3v) is 8.30. The predicted octanol–water partition coefficient (Wildman–Crippen LogP) is 5.01. The number of anilines is 3. The van der Waals surface area contributed by atoms with Crippen LogP contribution in [0.5, 0.6) is 0 Å². The van der Waals surface area contributed by atoms with Gasteiger partial charge in [-0.2, -0.15) is 0 Å². The maximum Gasteiger partial charge on any atom is 0.267 e. The molecule has 0 spiro atoms. The number of aryl methyl sites for hydroxylation is 3. The molecular formula is C25H28FN3O4S2. The minimum Gasteiger partial charge on any atom is -0.378 e. The Morgan fingerprint density at radius 2 is 1.77 bits per heavy atom. The van der Waals surface area contributed by atoms with Crippen molar-refractivity contribution < 1.29 is 22.3 Å². The molecule has 186 valence electrons. The Bertz CT molecular complexity index is 1380. The SMILES string of the molecule is Cc1ccc(S(=O)(=O)Nc2ccsc2C(=O)Nc2c(C)cc(C)c(N3CCOCC3)c2C)c(F)c1. The topological polar surface area (TPSA) is 87.7 Å². The van der Waals surface area contributed by atoms with Gasteiger partial charge in [0.05, 0.1) is 18.9 Å². The van der Waals surface area contributed by atoms with Crippen LogP contribution in [0.25, 0.3) is 0 Å². The standard InChI is InChI=1S/C25H28FN3O4S2/c1-15-5-6-21(19(26)13-15)35(31,32)28-20-7-12-34-24(20)25(30)27-22-16(2)14-17(3)23(18(22)4)29-8-10-33-11-9-29/h5-7,12-14,28H,8-11H2,1-4H3,(H,27,30). The minimum atomic E-state index is -4.22. The first-order valence-electron chi connectivity index (χ1n) is 11.2. The van der Waals surface area contributed by atoms with Crippen molar-refractivity contribution in [3.63, 3.8) is 0 Å². The summed E-state index contributed by atoms with van der Waals surface area (Å²) in [4.78, 5) is 15.2. The average molecular weight is 518 g/mol. The number of hydrogen-bond donors (Lipinski definition) is 2. The molecule has 1 aromatic heterocycles.